The SMILES string of the molecule is CNCC1CCCN1c1cccc(S(C)(=O)=O)c1[N+](=O)[O-]. The number of nitrogens with one attached hydrogen (secondary N) is 1. The van der Waals surface area contributed by atoms with Gasteiger partial charge in [-0.3, -0.25) is 10.1 Å². The first-order chi connectivity index (χ1) is 9.86. The number of hydrogen-bond acceptors (Lipinski definition) is 6. The summed E-state index contributed by atoms with van der Waals surface area (Å²) in [5.41, 5.74) is 0.0729. The third-order valence-corrected chi connectivity index (χ3v) is 4.81. The molecule has 1 fully saturated rings. The number of benzene rings is 1. The van der Waals surface area contributed by atoms with Crippen molar-refractivity contribution >= 4 is 21.2 Å². The summed E-state index contributed by atoms with van der Waals surface area (Å²) in [5, 5.41) is 14.5. The van der Waals surface area contributed by atoms with Crippen molar-refractivity contribution in [1.82, 2.24) is 5.32 Å². The van der Waals surface area contributed by atoms with Crippen LogP contribution in [0.5, 0.6) is 0 Å². The molecule has 1 aromatic carbocycles. The van der Waals surface area contributed by atoms with Crippen LogP contribution in [0.4, 0.5) is 11.4 Å². The first kappa shape index (κ1) is 15.7. The minimum atomic E-state index is -3.64. The summed E-state index contributed by atoms with van der Waals surface area (Å²) in [6, 6.07) is 4.62. The number of nitrogens with zero attached hydrogens (tertiary/aromatic N) is 2. The van der Waals surface area contributed by atoms with Crippen LogP contribution in [0.25, 0.3) is 0 Å². The third-order valence-electron chi connectivity index (χ3n) is 3.69. The van der Waals surface area contributed by atoms with Crippen molar-refractivity contribution in [2.75, 3.05) is 31.3 Å². The molecule has 8 heteroatoms. The molecule has 0 spiro atoms. The molecule has 1 aromatic rings. The predicted molar refractivity (Wildman–Crippen MR) is 80.5 cm³/mol. The molecule has 0 aliphatic carbocycles. The smallest absolute Gasteiger partial charge is 0.311 e. The van der Waals surface area contributed by atoms with Crippen molar-refractivity contribution in [2.45, 2.75) is 23.8 Å². The number of nitro benzene ring substituents is 1. The first-order valence-electron chi connectivity index (χ1n) is 6.75. The number of rotatable bonds is 5. The highest BCUT2D eigenvalue weighted by molar-refractivity contribution is 7.90. The number of para-hydroxylation sites is 1. The van der Waals surface area contributed by atoms with Gasteiger partial charge in [-0.2, -0.15) is 0 Å². The minimum Gasteiger partial charge on any atom is -0.362 e. The fourth-order valence-electron chi connectivity index (χ4n) is 2.83. The van der Waals surface area contributed by atoms with E-state index in [2.05, 4.69) is 5.32 Å². The Morgan fingerprint density at radius 2 is 2.19 bits per heavy atom. The number of nitro groups is 1. The second-order valence-electron chi connectivity index (χ2n) is 5.20. The molecule has 2 rings (SSSR count). The van der Waals surface area contributed by atoms with Crippen LogP contribution in [0.3, 0.4) is 0 Å². The zero-order chi connectivity index (χ0) is 15.6. The molecule has 0 saturated carbocycles. The average molecular weight is 313 g/mol. The molecular weight excluding hydrogens is 294 g/mol. The van der Waals surface area contributed by atoms with E-state index in [1.54, 1.807) is 12.1 Å². The standard InChI is InChI=1S/C13H19N3O4S/c1-14-9-10-5-4-8-15(10)11-6-3-7-12(21(2,19)20)13(11)16(17)18/h3,6-7,10,14H,4-5,8-9H2,1-2H3. The van der Waals surface area contributed by atoms with Gasteiger partial charge in [0.2, 0.25) is 0 Å². The first-order valence-corrected chi connectivity index (χ1v) is 8.64. The number of hydrogen-bond donors (Lipinski definition) is 1. The van der Waals surface area contributed by atoms with E-state index in [9.17, 15) is 18.5 Å². The third kappa shape index (κ3) is 3.16. The van der Waals surface area contributed by atoms with Crippen molar-refractivity contribution in [2.24, 2.45) is 0 Å². The van der Waals surface area contributed by atoms with Gasteiger partial charge in [0.05, 0.1) is 4.92 Å². The summed E-state index contributed by atoms with van der Waals surface area (Å²) in [4.78, 5) is 12.5. The lowest BCUT2D eigenvalue weighted by molar-refractivity contribution is -0.387. The molecule has 0 bridgehead atoms. The van der Waals surface area contributed by atoms with Crippen molar-refractivity contribution in [3.05, 3.63) is 28.3 Å². The Balaban J connectivity index is 2.56. The fraction of sp³-hybridized carbons (Fsp3) is 0.538. The van der Waals surface area contributed by atoms with Crippen LogP contribution in [0.2, 0.25) is 0 Å². The van der Waals surface area contributed by atoms with E-state index < -0.39 is 14.8 Å². The van der Waals surface area contributed by atoms with Gasteiger partial charge in [0.15, 0.2) is 9.84 Å². The zero-order valence-electron chi connectivity index (χ0n) is 12.1. The molecule has 1 aliphatic rings. The Morgan fingerprint density at radius 1 is 1.48 bits per heavy atom. The zero-order valence-corrected chi connectivity index (χ0v) is 12.9. The van der Waals surface area contributed by atoms with E-state index in [1.807, 2.05) is 11.9 Å². The Morgan fingerprint density at radius 3 is 2.76 bits per heavy atom. The van der Waals surface area contributed by atoms with Crippen LogP contribution in [0, 0.1) is 10.1 Å². The van der Waals surface area contributed by atoms with Gasteiger partial charge in [-0.15, -0.1) is 0 Å². The van der Waals surface area contributed by atoms with Gasteiger partial charge >= 0.3 is 5.69 Å². The Bertz CT molecular complexity index is 645. The summed E-state index contributed by atoms with van der Waals surface area (Å²) in [6.07, 6.45) is 2.86. The average Bonchev–Trinajstić information content (AvgIpc) is 2.85. The molecule has 1 saturated heterocycles. The summed E-state index contributed by atoms with van der Waals surface area (Å²) in [6.45, 7) is 1.40. The van der Waals surface area contributed by atoms with E-state index in [0.29, 0.717) is 18.8 Å². The molecule has 0 aromatic heterocycles. The van der Waals surface area contributed by atoms with Gasteiger partial charge in [0, 0.05) is 25.4 Å². The van der Waals surface area contributed by atoms with Gasteiger partial charge in [-0.05, 0) is 32.0 Å². The largest absolute Gasteiger partial charge is 0.362 e. The second kappa shape index (κ2) is 5.98. The van der Waals surface area contributed by atoms with Crippen LogP contribution in [0.15, 0.2) is 23.1 Å². The van der Waals surface area contributed by atoms with Crippen LogP contribution < -0.4 is 10.2 Å². The molecule has 1 heterocycles. The quantitative estimate of drug-likeness (QED) is 0.648. The maximum Gasteiger partial charge on any atom is 0.311 e. The van der Waals surface area contributed by atoms with Crippen LogP contribution in [-0.4, -0.2) is 45.8 Å². The van der Waals surface area contributed by atoms with Crippen molar-refractivity contribution < 1.29 is 13.3 Å². The maximum absolute atomic E-state index is 11.8. The summed E-state index contributed by atoms with van der Waals surface area (Å²) in [7, 11) is -1.81. The lowest BCUT2D eigenvalue weighted by atomic mass is 10.2. The summed E-state index contributed by atoms with van der Waals surface area (Å²) in [5.74, 6) is 0. The van der Waals surface area contributed by atoms with E-state index >= 15 is 0 Å². The molecule has 1 atom stereocenters. The molecule has 7 nitrogen and oxygen atoms in total. The topological polar surface area (TPSA) is 92.6 Å². The molecule has 1 aliphatic heterocycles. The van der Waals surface area contributed by atoms with E-state index in [4.69, 9.17) is 0 Å². The van der Waals surface area contributed by atoms with Gasteiger partial charge in [0.25, 0.3) is 0 Å². The summed E-state index contributed by atoms with van der Waals surface area (Å²) < 4.78 is 23.6. The molecule has 0 radical (unpaired) electrons. The predicted octanol–water partition coefficient (Wildman–Crippen LogP) is 1.19. The maximum atomic E-state index is 11.8. The minimum absolute atomic E-state index is 0.142. The highest BCUT2D eigenvalue weighted by Crippen LogP contribution is 2.37. The number of sulfone groups is 1. The number of anilines is 1. The molecule has 21 heavy (non-hydrogen) atoms. The van der Waals surface area contributed by atoms with Crippen LogP contribution >= 0.6 is 0 Å². The molecule has 1 unspecified atom stereocenters. The molecule has 0 amide bonds. The van der Waals surface area contributed by atoms with E-state index in [0.717, 1.165) is 19.1 Å². The molecule has 116 valence electrons. The van der Waals surface area contributed by atoms with E-state index in [-0.39, 0.29) is 16.6 Å². The number of likely N-dealkylation sites (N-methyl/N-ethyl adjacent to an activating group) is 1. The van der Waals surface area contributed by atoms with Crippen molar-refractivity contribution in [1.29, 1.82) is 0 Å². The monoisotopic (exact) mass is 313 g/mol. The summed E-state index contributed by atoms with van der Waals surface area (Å²) >= 11 is 0. The molecule has 1 N–H and O–H groups in total. The highest BCUT2D eigenvalue weighted by atomic mass is 32.2. The van der Waals surface area contributed by atoms with Gasteiger partial charge in [-0.25, -0.2) is 8.42 Å². The van der Waals surface area contributed by atoms with Gasteiger partial charge in [0.1, 0.15) is 10.6 Å². The Hall–Kier alpha value is -1.67. The van der Waals surface area contributed by atoms with Crippen molar-refractivity contribution in [3.63, 3.8) is 0 Å². The van der Waals surface area contributed by atoms with E-state index in [1.165, 1.54) is 6.07 Å². The lowest BCUT2D eigenvalue weighted by Gasteiger charge is -2.26. The van der Waals surface area contributed by atoms with Gasteiger partial charge in [-0.1, -0.05) is 6.07 Å². The van der Waals surface area contributed by atoms with Crippen molar-refractivity contribution in [3.8, 4) is 0 Å². The van der Waals surface area contributed by atoms with Crippen LogP contribution in [-0.2, 0) is 9.84 Å². The second-order valence-corrected chi connectivity index (χ2v) is 7.18. The highest BCUT2D eigenvalue weighted by Gasteiger charge is 2.33. The Labute approximate surface area is 124 Å². The molecular formula is C13H19N3O4S. The lowest BCUT2D eigenvalue weighted by Crippen LogP contribution is -2.37. The van der Waals surface area contributed by atoms with Crippen LogP contribution in [0.1, 0.15) is 12.8 Å². The van der Waals surface area contributed by atoms with Gasteiger partial charge < -0.3 is 10.2 Å². The fourth-order valence-corrected chi connectivity index (χ4v) is 3.68. The normalized spacial score (nSPS) is 19.0. The Kier molecular flexibility index (Phi) is 4.48.